The Morgan fingerprint density at radius 1 is 0.862 bits per heavy atom. The van der Waals surface area contributed by atoms with Crippen molar-refractivity contribution in [1.29, 1.82) is 0 Å². The number of halogens is 2. The topological polar surface area (TPSA) is 49.4 Å². The molecule has 6 rings (SSSR count). The number of carbonyl (C=O) groups is 2. The van der Waals surface area contributed by atoms with Crippen LogP contribution in [0.2, 0.25) is 0 Å². The van der Waals surface area contributed by atoms with E-state index in [-0.39, 0.29) is 23.3 Å². The molecule has 4 aliphatic carbocycles. The molecule has 1 aromatic rings. The van der Waals surface area contributed by atoms with Crippen molar-refractivity contribution in [1.82, 2.24) is 10.2 Å². The van der Waals surface area contributed by atoms with Gasteiger partial charge in [-0.3, -0.25) is 9.59 Å². The van der Waals surface area contributed by atoms with E-state index in [2.05, 4.69) is 5.32 Å². The molecule has 1 heterocycles. The van der Waals surface area contributed by atoms with Crippen LogP contribution in [0.15, 0.2) is 18.2 Å². The highest BCUT2D eigenvalue weighted by Gasteiger charge is 2.49. The first kappa shape index (κ1) is 19.0. The SMILES string of the molecule is O=C(NC1C2CC3CC(C2)CC1C3)C1CCN(C(=O)c2cc(F)cc(F)c2)CC1. The second-order valence-corrected chi connectivity index (χ2v) is 9.69. The van der Waals surface area contributed by atoms with Crippen LogP contribution in [0.25, 0.3) is 0 Å². The van der Waals surface area contributed by atoms with E-state index < -0.39 is 11.6 Å². The molecule has 4 saturated carbocycles. The van der Waals surface area contributed by atoms with Crippen LogP contribution in [-0.4, -0.2) is 35.8 Å². The highest BCUT2D eigenvalue weighted by Crippen LogP contribution is 2.53. The molecule has 4 nitrogen and oxygen atoms in total. The molecule has 0 unspecified atom stereocenters. The fourth-order valence-corrected chi connectivity index (χ4v) is 6.65. The van der Waals surface area contributed by atoms with E-state index in [0.29, 0.717) is 43.8 Å². The molecule has 1 saturated heterocycles. The first-order valence-electron chi connectivity index (χ1n) is 11.0. The van der Waals surface area contributed by atoms with Crippen LogP contribution in [0.1, 0.15) is 55.3 Å². The molecule has 0 radical (unpaired) electrons. The third-order valence-corrected chi connectivity index (χ3v) is 7.80. The molecule has 1 aliphatic heterocycles. The standard InChI is InChI=1S/C23H28F2N2O2/c24-19-10-18(11-20(25)12-19)23(29)27-3-1-15(2-4-27)22(28)26-21-16-6-13-5-14(8-16)9-17(21)7-13/h10-17,21H,1-9H2,(H,26,28). The van der Waals surface area contributed by atoms with Crippen molar-refractivity contribution >= 4 is 11.8 Å². The lowest BCUT2D eigenvalue weighted by molar-refractivity contribution is -0.130. The molecule has 156 valence electrons. The summed E-state index contributed by atoms with van der Waals surface area (Å²) in [6.45, 7) is 0.882. The van der Waals surface area contributed by atoms with E-state index >= 15 is 0 Å². The summed E-state index contributed by atoms with van der Waals surface area (Å²) in [5.41, 5.74) is 0.0268. The summed E-state index contributed by atoms with van der Waals surface area (Å²) < 4.78 is 26.8. The number of rotatable bonds is 3. The number of nitrogens with zero attached hydrogens (tertiary/aromatic N) is 1. The summed E-state index contributed by atoms with van der Waals surface area (Å²) in [5, 5.41) is 3.38. The van der Waals surface area contributed by atoms with E-state index in [0.717, 1.165) is 30.0 Å². The minimum atomic E-state index is -0.752. The highest BCUT2D eigenvalue weighted by molar-refractivity contribution is 5.94. The van der Waals surface area contributed by atoms with Crippen LogP contribution < -0.4 is 5.32 Å². The zero-order valence-corrected chi connectivity index (χ0v) is 16.6. The van der Waals surface area contributed by atoms with Crippen LogP contribution in [-0.2, 0) is 4.79 Å². The number of carbonyl (C=O) groups excluding carboxylic acids is 2. The zero-order valence-electron chi connectivity index (χ0n) is 16.6. The van der Waals surface area contributed by atoms with Gasteiger partial charge in [0.15, 0.2) is 0 Å². The van der Waals surface area contributed by atoms with Crippen LogP contribution in [0, 0.1) is 41.2 Å². The maximum absolute atomic E-state index is 13.4. The largest absolute Gasteiger partial charge is 0.353 e. The van der Waals surface area contributed by atoms with Crippen LogP contribution in [0.4, 0.5) is 8.78 Å². The molecule has 6 heteroatoms. The zero-order chi connectivity index (χ0) is 20.1. The van der Waals surface area contributed by atoms with Crippen molar-refractivity contribution in [2.24, 2.45) is 29.6 Å². The van der Waals surface area contributed by atoms with Gasteiger partial charge >= 0.3 is 0 Å². The first-order valence-corrected chi connectivity index (χ1v) is 11.0. The Kier molecular flexibility index (Phi) is 4.83. The average molecular weight is 402 g/mol. The van der Waals surface area contributed by atoms with E-state index in [1.54, 1.807) is 4.90 Å². The molecule has 5 aliphatic rings. The number of hydrogen-bond donors (Lipinski definition) is 1. The Bertz CT molecular complexity index is 771. The smallest absolute Gasteiger partial charge is 0.254 e. The van der Waals surface area contributed by atoms with Crippen molar-refractivity contribution in [3.63, 3.8) is 0 Å². The van der Waals surface area contributed by atoms with Gasteiger partial charge in [0.1, 0.15) is 11.6 Å². The maximum atomic E-state index is 13.4. The second kappa shape index (κ2) is 7.37. The van der Waals surface area contributed by atoms with Gasteiger partial charge in [-0.05, 0) is 80.8 Å². The third kappa shape index (κ3) is 3.66. The van der Waals surface area contributed by atoms with Crippen molar-refractivity contribution < 1.29 is 18.4 Å². The molecule has 0 atom stereocenters. The Morgan fingerprint density at radius 3 is 1.97 bits per heavy atom. The highest BCUT2D eigenvalue weighted by atomic mass is 19.1. The lowest BCUT2D eigenvalue weighted by atomic mass is 9.54. The minimum Gasteiger partial charge on any atom is -0.353 e. The van der Waals surface area contributed by atoms with Gasteiger partial charge < -0.3 is 10.2 Å². The molecule has 2 amide bonds. The summed E-state index contributed by atoms with van der Waals surface area (Å²) in [7, 11) is 0. The van der Waals surface area contributed by atoms with E-state index in [9.17, 15) is 18.4 Å². The molecule has 29 heavy (non-hydrogen) atoms. The number of nitrogens with one attached hydrogen (secondary N) is 1. The maximum Gasteiger partial charge on any atom is 0.254 e. The van der Waals surface area contributed by atoms with Gasteiger partial charge in [-0.25, -0.2) is 8.78 Å². The number of hydrogen-bond acceptors (Lipinski definition) is 2. The van der Waals surface area contributed by atoms with Gasteiger partial charge in [0.05, 0.1) is 0 Å². The van der Waals surface area contributed by atoms with Crippen molar-refractivity contribution in [3.05, 3.63) is 35.4 Å². The van der Waals surface area contributed by atoms with Crippen molar-refractivity contribution in [3.8, 4) is 0 Å². The predicted molar refractivity (Wildman–Crippen MR) is 104 cm³/mol. The molecular weight excluding hydrogens is 374 g/mol. The van der Waals surface area contributed by atoms with Gasteiger partial charge in [0, 0.05) is 36.7 Å². The Labute approximate surface area is 170 Å². The summed E-state index contributed by atoms with van der Waals surface area (Å²) in [6, 6.07) is 3.23. The minimum absolute atomic E-state index is 0.0268. The fourth-order valence-electron chi connectivity index (χ4n) is 6.65. The summed E-state index contributed by atoms with van der Waals surface area (Å²) in [6.07, 6.45) is 7.69. The lowest BCUT2D eigenvalue weighted by Gasteiger charge is -2.54. The lowest BCUT2D eigenvalue weighted by Crippen LogP contribution is -2.57. The van der Waals surface area contributed by atoms with Crippen LogP contribution in [0.3, 0.4) is 0 Å². The Balaban J connectivity index is 1.16. The molecule has 5 fully saturated rings. The average Bonchev–Trinajstić information content (AvgIpc) is 2.69. The Morgan fingerprint density at radius 2 is 1.41 bits per heavy atom. The van der Waals surface area contributed by atoms with Gasteiger partial charge in [0.2, 0.25) is 5.91 Å². The van der Waals surface area contributed by atoms with Gasteiger partial charge in [0.25, 0.3) is 5.91 Å². The number of likely N-dealkylation sites (tertiary alicyclic amines) is 1. The van der Waals surface area contributed by atoms with Crippen molar-refractivity contribution in [2.75, 3.05) is 13.1 Å². The third-order valence-electron chi connectivity index (χ3n) is 7.80. The van der Waals surface area contributed by atoms with Crippen LogP contribution >= 0.6 is 0 Å². The second-order valence-electron chi connectivity index (χ2n) is 9.69. The molecule has 1 N–H and O–H groups in total. The fraction of sp³-hybridized carbons (Fsp3) is 0.652. The Hall–Kier alpha value is -1.98. The monoisotopic (exact) mass is 402 g/mol. The number of piperidine rings is 1. The molecule has 4 bridgehead atoms. The van der Waals surface area contributed by atoms with E-state index in [4.69, 9.17) is 0 Å². The quantitative estimate of drug-likeness (QED) is 0.837. The van der Waals surface area contributed by atoms with Crippen molar-refractivity contribution in [2.45, 2.75) is 51.0 Å². The first-order chi connectivity index (χ1) is 14.0. The number of benzene rings is 1. The summed E-state index contributed by atoms with van der Waals surface area (Å²) in [4.78, 5) is 27.1. The van der Waals surface area contributed by atoms with Gasteiger partial charge in [-0.2, -0.15) is 0 Å². The molecule has 0 aromatic heterocycles. The van der Waals surface area contributed by atoms with E-state index in [1.807, 2.05) is 0 Å². The molecule has 1 aromatic carbocycles. The predicted octanol–water partition coefficient (Wildman–Crippen LogP) is 3.76. The summed E-state index contributed by atoms with van der Waals surface area (Å²) in [5.74, 6) is 1.24. The normalized spacial score (nSPS) is 33.7. The van der Waals surface area contributed by atoms with Crippen LogP contribution in [0.5, 0.6) is 0 Å². The summed E-state index contributed by atoms with van der Waals surface area (Å²) >= 11 is 0. The van der Waals surface area contributed by atoms with Gasteiger partial charge in [-0.1, -0.05) is 0 Å². The molecule has 0 spiro atoms. The van der Waals surface area contributed by atoms with E-state index in [1.165, 1.54) is 32.1 Å². The molecular formula is C23H28F2N2O2. The number of amides is 2. The van der Waals surface area contributed by atoms with Gasteiger partial charge in [-0.15, -0.1) is 0 Å².